The topological polar surface area (TPSA) is 68.0 Å². The fraction of sp³-hybridized carbons (Fsp3) is 0.0667. The molecule has 0 saturated carbocycles. The van der Waals surface area contributed by atoms with E-state index < -0.39 is 0 Å². The van der Waals surface area contributed by atoms with Crippen LogP contribution in [0.15, 0.2) is 60.2 Å². The lowest BCUT2D eigenvalue weighted by Crippen LogP contribution is -2.01. The van der Waals surface area contributed by atoms with Gasteiger partial charge in [-0.05, 0) is 18.1 Å². The lowest BCUT2D eigenvalue weighted by Gasteiger charge is -2.02. The van der Waals surface area contributed by atoms with Gasteiger partial charge in [-0.3, -0.25) is 5.43 Å². The molecule has 104 valence electrons. The number of nitrogens with zero attached hydrogens (tertiary/aromatic N) is 5. The molecule has 0 amide bonds. The van der Waals surface area contributed by atoms with Crippen molar-refractivity contribution in [2.24, 2.45) is 5.10 Å². The Morgan fingerprint density at radius 1 is 1.19 bits per heavy atom. The molecule has 0 spiro atoms. The van der Waals surface area contributed by atoms with Crippen LogP contribution < -0.4 is 5.43 Å². The minimum Gasteiger partial charge on any atom is -0.261 e. The van der Waals surface area contributed by atoms with Crippen LogP contribution in [-0.4, -0.2) is 26.0 Å². The van der Waals surface area contributed by atoms with Crippen molar-refractivity contribution in [1.82, 2.24) is 19.7 Å². The van der Waals surface area contributed by atoms with E-state index in [4.69, 9.17) is 0 Å². The van der Waals surface area contributed by atoms with Gasteiger partial charge in [0.25, 0.3) is 0 Å². The zero-order valence-corrected chi connectivity index (χ0v) is 11.5. The molecule has 0 bridgehead atoms. The Bertz CT molecular complexity index is 748. The summed E-state index contributed by atoms with van der Waals surface area (Å²) in [6.07, 6.45) is 6.90. The van der Waals surface area contributed by atoms with E-state index in [1.807, 2.05) is 43.5 Å². The largest absolute Gasteiger partial charge is 0.261 e. The third-order valence-electron chi connectivity index (χ3n) is 2.79. The molecule has 3 aromatic rings. The van der Waals surface area contributed by atoms with Crippen molar-refractivity contribution in [3.63, 3.8) is 0 Å². The number of rotatable bonds is 4. The van der Waals surface area contributed by atoms with Crippen molar-refractivity contribution in [2.45, 2.75) is 6.92 Å². The Morgan fingerprint density at radius 3 is 2.81 bits per heavy atom. The number of benzene rings is 1. The van der Waals surface area contributed by atoms with Gasteiger partial charge in [0, 0.05) is 12.3 Å². The first-order valence-corrected chi connectivity index (χ1v) is 6.49. The Balaban J connectivity index is 1.73. The van der Waals surface area contributed by atoms with E-state index in [0.29, 0.717) is 11.6 Å². The standard InChI is InChI=1S/C15H14N6/c1-12-8-19-21(10-12)15-7-14(16-11-17-15)20-18-9-13-5-3-2-4-6-13/h2-11H,1H3,(H,16,17,20). The van der Waals surface area contributed by atoms with Crippen molar-refractivity contribution >= 4 is 12.0 Å². The van der Waals surface area contributed by atoms with E-state index in [-0.39, 0.29) is 0 Å². The Kier molecular flexibility index (Phi) is 3.68. The van der Waals surface area contributed by atoms with Gasteiger partial charge in [-0.25, -0.2) is 14.6 Å². The minimum absolute atomic E-state index is 0.611. The maximum absolute atomic E-state index is 4.22. The molecule has 3 rings (SSSR count). The van der Waals surface area contributed by atoms with Crippen LogP contribution in [0.3, 0.4) is 0 Å². The van der Waals surface area contributed by atoms with Gasteiger partial charge in [-0.2, -0.15) is 10.2 Å². The summed E-state index contributed by atoms with van der Waals surface area (Å²) in [6, 6.07) is 11.6. The average Bonchev–Trinajstić information content (AvgIpc) is 2.95. The molecule has 6 nitrogen and oxygen atoms in total. The summed E-state index contributed by atoms with van der Waals surface area (Å²) in [4.78, 5) is 8.31. The van der Waals surface area contributed by atoms with Gasteiger partial charge < -0.3 is 0 Å². The zero-order valence-electron chi connectivity index (χ0n) is 11.5. The van der Waals surface area contributed by atoms with Crippen LogP contribution in [0.5, 0.6) is 0 Å². The normalized spacial score (nSPS) is 10.9. The molecule has 0 aliphatic carbocycles. The van der Waals surface area contributed by atoms with Crippen LogP contribution in [0.2, 0.25) is 0 Å². The van der Waals surface area contributed by atoms with Crippen LogP contribution in [0, 0.1) is 6.92 Å². The fourth-order valence-corrected chi connectivity index (χ4v) is 1.78. The predicted molar refractivity (Wildman–Crippen MR) is 81.5 cm³/mol. The molecule has 21 heavy (non-hydrogen) atoms. The summed E-state index contributed by atoms with van der Waals surface area (Å²) in [5.74, 6) is 1.30. The molecule has 2 heterocycles. The molecule has 0 saturated heterocycles. The smallest absolute Gasteiger partial charge is 0.158 e. The Hall–Kier alpha value is -3.02. The number of nitrogens with one attached hydrogen (secondary N) is 1. The first kappa shape index (κ1) is 13.0. The summed E-state index contributed by atoms with van der Waals surface area (Å²) >= 11 is 0. The van der Waals surface area contributed by atoms with Crippen LogP contribution >= 0.6 is 0 Å². The second kappa shape index (κ2) is 5.96. The highest BCUT2D eigenvalue weighted by atomic mass is 15.3. The predicted octanol–water partition coefficient (Wildman–Crippen LogP) is 2.42. The van der Waals surface area contributed by atoms with Crippen molar-refractivity contribution in [3.8, 4) is 5.82 Å². The summed E-state index contributed by atoms with van der Waals surface area (Å²) in [5.41, 5.74) is 4.98. The van der Waals surface area contributed by atoms with Crippen molar-refractivity contribution in [2.75, 3.05) is 5.43 Å². The van der Waals surface area contributed by atoms with Gasteiger partial charge in [-0.1, -0.05) is 30.3 Å². The second-order valence-electron chi connectivity index (χ2n) is 4.50. The number of hydrogen-bond donors (Lipinski definition) is 1. The Morgan fingerprint density at radius 2 is 2.05 bits per heavy atom. The molecule has 2 aromatic heterocycles. The highest BCUT2D eigenvalue weighted by Crippen LogP contribution is 2.09. The number of aromatic nitrogens is 4. The van der Waals surface area contributed by atoms with Crippen molar-refractivity contribution in [1.29, 1.82) is 0 Å². The SMILES string of the molecule is Cc1cnn(-c2cc(NN=Cc3ccccc3)ncn2)c1. The van der Waals surface area contributed by atoms with E-state index in [1.54, 1.807) is 23.2 Å². The van der Waals surface area contributed by atoms with Crippen molar-refractivity contribution < 1.29 is 0 Å². The maximum atomic E-state index is 4.22. The third-order valence-corrected chi connectivity index (χ3v) is 2.79. The summed E-state index contributed by atoms with van der Waals surface area (Å²) < 4.78 is 1.70. The first-order chi connectivity index (χ1) is 10.3. The third kappa shape index (κ3) is 3.30. The van der Waals surface area contributed by atoms with E-state index in [0.717, 1.165) is 11.1 Å². The minimum atomic E-state index is 0.611. The van der Waals surface area contributed by atoms with Gasteiger partial charge in [-0.15, -0.1) is 0 Å². The number of hydrogen-bond acceptors (Lipinski definition) is 5. The molecule has 0 aliphatic heterocycles. The maximum Gasteiger partial charge on any atom is 0.158 e. The highest BCUT2D eigenvalue weighted by Gasteiger charge is 2.01. The van der Waals surface area contributed by atoms with E-state index >= 15 is 0 Å². The van der Waals surface area contributed by atoms with E-state index in [9.17, 15) is 0 Å². The molecule has 1 aromatic carbocycles. The molecule has 0 unspecified atom stereocenters. The fourth-order valence-electron chi connectivity index (χ4n) is 1.78. The Labute approximate surface area is 122 Å². The molecular formula is C15H14N6. The van der Waals surface area contributed by atoms with Gasteiger partial charge >= 0.3 is 0 Å². The van der Waals surface area contributed by atoms with Gasteiger partial charge in [0.2, 0.25) is 0 Å². The zero-order chi connectivity index (χ0) is 14.5. The molecule has 6 heteroatoms. The number of aryl methyl sites for hydroxylation is 1. The second-order valence-corrected chi connectivity index (χ2v) is 4.50. The molecule has 0 radical (unpaired) electrons. The number of hydrazone groups is 1. The lowest BCUT2D eigenvalue weighted by molar-refractivity contribution is 0.839. The van der Waals surface area contributed by atoms with E-state index in [1.165, 1.54) is 6.33 Å². The molecule has 0 fully saturated rings. The van der Waals surface area contributed by atoms with Gasteiger partial charge in [0.15, 0.2) is 11.6 Å². The van der Waals surface area contributed by atoms with Gasteiger partial charge in [0.1, 0.15) is 6.33 Å². The van der Waals surface area contributed by atoms with Crippen molar-refractivity contribution in [3.05, 3.63) is 66.2 Å². The highest BCUT2D eigenvalue weighted by molar-refractivity contribution is 5.79. The average molecular weight is 278 g/mol. The monoisotopic (exact) mass is 278 g/mol. The summed E-state index contributed by atoms with van der Waals surface area (Å²) in [7, 11) is 0. The molecular weight excluding hydrogens is 264 g/mol. The van der Waals surface area contributed by atoms with Gasteiger partial charge in [0.05, 0.1) is 12.4 Å². The van der Waals surface area contributed by atoms with Crippen LogP contribution in [-0.2, 0) is 0 Å². The quantitative estimate of drug-likeness (QED) is 0.588. The molecule has 1 N–H and O–H groups in total. The van der Waals surface area contributed by atoms with Crippen LogP contribution in [0.25, 0.3) is 5.82 Å². The van der Waals surface area contributed by atoms with Crippen LogP contribution in [0.4, 0.5) is 5.82 Å². The number of anilines is 1. The first-order valence-electron chi connectivity index (χ1n) is 6.49. The summed E-state index contributed by atoms with van der Waals surface area (Å²) in [5, 5.41) is 8.37. The summed E-state index contributed by atoms with van der Waals surface area (Å²) in [6.45, 7) is 1.98. The molecule has 0 atom stereocenters. The lowest BCUT2D eigenvalue weighted by atomic mass is 10.2. The van der Waals surface area contributed by atoms with E-state index in [2.05, 4.69) is 25.6 Å². The van der Waals surface area contributed by atoms with Crippen LogP contribution in [0.1, 0.15) is 11.1 Å². The molecule has 0 aliphatic rings.